The Labute approximate surface area is 110 Å². The summed E-state index contributed by atoms with van der Waals surface area (Å²) in [5.41, 5.74) is 0.644. The van der Waals surface area contributed by atoms with Crippen LogP contribution in [0.4, 0.5) is 0 Å². The number of carbonyl (C=O) groups excluding carboxylic acids is 1. The lowest BCUT2D eigenvalue weighted by molar-refractivity contribution is 0.0966. The van der Waals surface area contributed by atoms with Crippen LogP contribution in [0, 0.1) is 0 Å². The summed E-state index contributed by atoms with van der Waals surface area (Å²) < 4.78 is 17.6. The van der Waals surface area contributed by atoms with Crippen LogP contribution in [0.25, 0.3) is 0 Å². The average Bonchev–Trinajstić information content (AvgIpc) is 2.47. The van der Waals surface area contributed by atoms with Gasteiger partial charge in [-0.2, -0.15) is 0 Å². The van der Waals surface area contributed by atoms with Crippen LogP contribution in [0.15, 0.2) is 30.3 Å². The molecule has 0 N–H and O–H groups in total. The summed E-state index contributed by atoms with van der Waals surface area (Å²) in [6.07, 6.45) is 1.58. The molecule has 0 amide bonds. The second kappa shape index (κ2) is 6.25. The number of hydrogen-bond donors (Lipinski definition) is 0. The molecule has 98 valence electrons. The molecule has 1 heterocycles. The van der Waals surface area contributed by atoms with Gasteiger partial charge in [-0.05, 0) is 19.8 Å². The van der Waals surface area contributed by atoms with Gasteiger partial charge in [-0.15, -0.1) is 0 Å². The number of rotatable bonds is 4. The Bertz CT molecular complexity index is 424. The smallest absolute Gasteiger partial charge is 0.178 e. The molecule has 1 aromatic rings. The maximum Gasteiger partial charge on any atom is 0.178 e. The van der Waals surface area contributed by atoms with Crippen LogP contribution in [0.5, 0.6) is 0 Å². The quantitative estimate of drug-likeness (QED) is 0.785. The second-order valence-electron chi connectivity index (χ2n) is 4.51. The highest BCUT2D eigenvalue weighted by Gasteiger charge is 2.29. The molecule has 0 radical (unpaired) electrons. The fraction of sp³-hybridized carbons (Fsp3) is 0.500. The van der Waals surface area contributed by atoms with Crippen molar-refractivity contribution < 1.29 is 13.7 Å². The molecular formula is C14H18O3S. The summed E-state index contributed by atoms with van der Waals surface area (Å²) in [5.74, 6) is -0.0274. The third-order valence-corrected chi connectivity index (χ3v) is 5.31. The first-order chi connectivity index (χ1) is 8.70. The van der Waals surface area contributed by atoms with E-state index in [0.29, 0.717) is 18.8 Å². The standard InChI is InChI=1S/C14H18O3S/c1-11(14(15)12-5-3-2-4-6-12)18(16)13-7-9-17-10-8-13/h2-6,11,13H,7-10H2,1H3. The van der Waals surface area contributed by atoms with Crippen LogP contribution in [0.2, 0.25) is 0 Å². The number of ketones is 1. The minimum atomic E-state index is -1.11. The molecule has 3 nitrogen and oxygen atoms in total. The van der Waals surface area contributed by atoms with Gasteiger partial charge in [0.25, 0.3) is 0 Å². The molecule has 0 aromatic heterocycles. The van der Waals surface area contributed by atoms with Crippen molar-refractivity contribution in [2.45, 2.75) is 30.3 Å². The largest absolute Gasteiger partial charge is 0.381 e. The second-order valence-corrected chi connectivity index (χ2v) is 6.54. The zero-order valence-corrected chi connectivity index (χ0v) is 11.3. The van der Waals surface area contributed by atoms with Gasteiger partial charge in [0.05, 0.1) is 5.25 Å². The van der Waals surface area contributed by atoms with Gasteiger partial charge in [-0.1, -0.05) is 30.3 Å². The predicted octanol–water partition coefficient (Wildman–Crippen LogP) is 2.19. The van der Waals surface area contributed by atoms with Crippen molar-refractivity contribution in [3.05, 3.63) is 35.9 Å². The Kier molecular flexibility index (Phi) is 4.66. The van der Waals surface area contributed by atoms with E-state index >= 15 is 0 Å². The van der Waals surface area contributed by atoms with Crippen molar-refractivity contribution in [2.24, 2.45) is 0 Å². The molecule has 2 atom stereocenters. The fourth-order valence-corrected chi connectivity index (χ4v) is 3.72. The van der Waals surface area contributed by atoms with Crippen LogP contribution in [0.1, 0.15) is 30.1 Å². The molecule has 1 aromatic carbocycles. The van der Waals surface area contributed by atoms with E-state index in [1.54, 1.807) is 19.1 Å². The molecule has 0 saturated carbocycles. The number of benzene rings is 1. The minimum Gasteiger partial charge on any atom is -0.381 e. The molecule has 18 heavy (non-hydrogen) atoms. The molecule has 0 bridgehead atoms. The van der Waals surface area contributed by atoms with Crippen LogP contribution < -0.4 is 0 Å². The van der Waals surface area contributed by atoms with Crippen LogP contribution in [0.3, 0.4) is 0 Å². The van der Waals surface area contributed by atoms with E-state index in [9.17, 15) is 9.00 Å². The zero-order chi connectivity index (χ0) is 13.0. The van der Waals surface area contributed by atoms with Gasteiger partial charge in [0, 0.05) is 34.8 Å². The normalized spacial score (nSPS) is 20.3. The summed E-state index contributed by atoms with van der Waals surface area (Å²) in [6, 6.07) is 9.09. The summed E-state index contributed by atoms with van der Waals surface area (Å²) >= 11 is 0. The highest BCUT2D eigenvalue weighted by Crippen LogP contribution is 2.18. The number of ether oxygens (including phenoxy) is 1. The third kappa shape index (κ3) is 3.06. The van der Waals surface area contributed by atoms with E-state index in [1.807, 2.05) is 18.2 Å². The van der Waals surface area contributed by atoms with Crippen molar-refractivity contribution in [3.8, 4) is 0 Å². The van der Waals surface area contributed by atoms with Gasteiger partial charge in [-0.25, -0.2) is 0 Å². The molecule has 2 unspecified atom stereocenters. The molecule has 1 aliphatic rings. The maximum atomic E-state index is 12.3. The third-order valence-electron chi connectivity index (χ3n) is 3.27. The Morgan fingerprint density at radius 3 is 2.50 bits per heavy atom. The van der Waals surface area contributed by atoms with E-state index < -0.39 is 16.0 Å². The minimum absolute atomic E-state index is 0.0274. The SMILES string of the molecule is CC(C(=O)c1ccccc1)S(=O)C1CCOCC1. The molecule has 1 fully saturated rings. The van der Waals surface area contributed by atoms with Crippen molar-refractivity contribution >= 4 is 16.6 Å². The summed E-state index contributed by atoms with van der Waals surface area (Å²) in [6.45, 7) is 3.08. The topological polar surface area (TPSA) is 43.4 Å². The predicted molar refractivity (Wildman–Crippen MR) is 72.2 cm³/mol. The van der Waals surface area contributed by atoms with E-state index in [1.165, 1.54) is 0 Å². The van der Waals surface area contributed by atoms with Gasteiger partial charge in [-0.3, -0.25) is 9.00 Å². The molecule has 1 aliphatic heterocycles. The van der Waals surface area contributed by atoms with Crippen LogP contribution in [-0.4, -0.2) is 33.7 Å². The van der Waals surface area contributed by atoms with Crippen molar-refractivity contribution in [3.63, 3.8) is 0 Å². The highest BCUT2D eigenvalue weighted by atomic mass is 32.2. The number of Topliss-reactive ketones (excluding diaryl/α,β-unsaturated/α-hetero) is 1. The number of hydrogen-bond acceptors (Lipinski definition) is 3. The zero-order valence-electron chi connectivity index (χ0n) is 10.5. The molecule has 2 rings (SSSR count). The highest BCUT2D eigenvalue weighted by molar-refractivity contribution is 7.87. The lowest BCUT2D eigenvalue weighted by atomic mass is 10.1. The lowest BCUT2D eigenvalue weighted by Gasteiger charge is -2.24. The first-order valence-electron chi connectivity index (χ1n) is 6.26. The Hall–Kier alpha value is -1.00. The number of carbonyl (C=O) groups is 1. The van der Waals surface area contributed by atoms with E-state index in [-0.39, 0.29) is 11.0 Å². The Balaban J connectivity index is 2.04. The van der Waals surface area contributed by atoms with Gasteiger partial charge in [0.1, 0.15) is 0 Å². The van der Waals surface area contributed by atoms with Crippen LogP contribution in [-0.2, 0) is 15.5 Å². The lowest BCUT2D eigenvalue weighted by Crippen LogP contribution is -2.34. The molecule has 0 aliphatic carbocycles. The van der Waals surface area contributed by atoms with Gasteiger partial charge in [0.2, 0.25) is 0 Å². The summed E-state index contributed by atoms with van der Waals surface area (Å²) in [4.78, 5) is 12.2. The van der Waals surface area contributed by atoms with E-state index in [0.717, 1.165) is 12.8 Å². The van der Waals surface area contributed by atoms with Crippen molar-refractivity contribution in [1.29, 1.82) is 0 Å². The van der Waals surface area contributed by atoms with E-state index in [2.05, 4.69) is 0 Å². The monoisotopic (exact) mass is 266 g/mol. The first kappa shape index (κ1) is 13.4. The van der Waals surface area contributed by atoms with Crippen LogP contribution >= 0.6 is 0 Å². The first-order valence-corrected chi connectivity index (χ1v) is 7.54. The average molecular weight is 266 g/mol. The van der Waals surface area contributed by atoms with Crippen molar-refractivity contribution in [2.75, 3.05) is 13.2 Å². The molecule has 1 saturated heterocycles. The Morgan fingerprint density at radius 1 is 1.28 bits per heavy atom. The maximum absolute atomic E-state index is 12.3. The summed E-state index contributed by atoms with van der Waals surface area (Å²) in [7, 11) is -1.11. The molecular weight excluding hydrogens is 248 g/mol. The van der Waals surface area contributed by atoms with Gasteiger partial charge in [0.15, 0.2) is 5.78 Å². The summed E-state index contributed by atoms with van der Waals surface area (Å²) in [5, 5.41) is -0.336. The van der Waals surface area contributed by atoms with Gasteiger partial charge >= 0.3 is 0 Å². The molecule has 0 spiro atoms. The fourth-order valence-electron chi connectivity index (χ4n) is 2.14. The van der Waals surface area contributed by atoms with Gasteiger partial charge < -0.3 is 4.74 Å². The van der Waals surface area contributed by atoms with E-state index in [4.69, 9.17) is 4.74 Å². The van der Waals surface area contributed by atoms with Crippen molar-refractivity contribution in [1.82, 2.24) is 0 Å². The molecule has 4 heteroatoms. The Morgan fingerprint density at radius 2 is 1.89 bits per heavy atom.